The normalized spacial score (nSPS) is 10.8. The van der Waals surface area contributed by atoms with Crippen molar-refractivity contribution in [2.45, 2.75) is 33.6 Å². The van der Waals surface area contributed by atoms with Gasteiger partial charge in [0.1, 0.15) is 11.3 Å². The van der Waals surface area contributed by atoms with Crippen LogP contribution < -0.4 is 5.32 Å². The highest BCUT2D eigenvalue weighted by molar-refractivity contribution is 5.94. The Bertz CT molecular complexity index is 572. The lowest BCUT2D eigenvalue weighted by Gasteiger charge is -2.05. The van der Waals surface area contributed by atoms with Gasteiger partial charge in [-0.1, -0.05) is 13.8 Å². The first-order valence-electron chi connectivity index (χ1n) is 6.43. The number of hydrogen-bond donors (Lipinski definition) is 1. The molecule has 0 fully saturated rings. The number of nitrogens with one attached hydrogen (secondary N) is 1. The summed E-state index contributed by atoms with van der Waals surface area (Å²) < 4.78 is 1.87. The lowest BCUT2D eigenvalue weighted by molar-refractivity contribution is 0.0947. The fraction of sp³-hybridized carbons (Fsp3) is 0.429. The second-order valence-corrected chi connectivity index (χ2v) is 4.45. The SMILES string of the molecule is CCCNC(=O)c1c(CC)nc2cc(C)ccn12. The van der Waals surface area contributed by atoms with Gasteiger partial charge in [0.2, 0.25) is 0 Å². The number of aromatic nitrogens is 2. The van der Waals surface area contributed by atoms with E-state index >= 15 is 0 Å². The maximum Gasteiger partial charge on any atom is 0.270 e. The number of imidazole rings is 1. The summed E-state index contributed by atoms with van der Waals surface area (Å²) in [5, 5.41) is 2.92. The molecule has 0 aromatic carbocycles. The van der Waals surface area contributed by atoms with Gasteiger partial charge < -0.3 is 5.32 Å². The summed E-state index contributed by atoms with van der Waals surface area (Å²) in [6.07, 6.45) is 3.61. The molecule has 2 rings (SSSR count). The predicted molar refractivity (Wildman–Crippen MR) is 71.9 cm³/mol. The quantitative estimate of drug-likeness (QED) is 0.898. The molecule has 0 radical (unpaired) electrons. The lowest BCUT2D eigenvalue weighted by Crippen LogP contribution is -2.26. The van der Waals surface area contributed by atoms with Crippen LogP contribution in [0.2, 0.25) is 0 Å². The van der Waals surface area contributed by atoms with Gasteiger partial charge in [-0.2, -0.15) is 0 Å². The molecule has 4 heteroatoms. The van der Waals surface area contributed by atoms with Crippen molar-refractivity contribution in [3.8, 4) is 0 Å². The molecule has 0 spiro atoms. The van der Waals surface area contributed by atoms with Crippen molar-refractivity contribution in [2.75, 3.05) is 6.54 Å². The molecule has 96 valence electrons. The van der Waals surface area contributed by atoms with E-state index in [0.717, 1.165) is 29.7 Å². The van der Waals surface area contributed by atoms with Crippen LogP contribution in [0.1, 0.15) is 42.0 Å². The zero-order valence-corrected chi connectivity index (χ0v) is 11.2. The molecule has 0 aliphatic rings. The highest BCUT2D eigenvalue weighted by Crippen LogP contribution is 2.14. The van der Waals surface area contributed by atoms with E-state index in [9.17, 15) is 4.79 Å². The van der Waals surface area contributed by atoms with Crippen LogP contribution in [0.15, 0.2) is 18.3 Å². The topological polar surface area (TPSA) is 46.4 Å². The fourth-order valence-corrected chi connectivity index (χ4v) is 2.00. The van der Waals surface area contributed by atoms with Crippen LogP contribution in [0.25, 0.3) is 5.65 Å². The summed E-state index contributed by atoms with van der Waals surface area (Å²) >= 11 is 0. The Morgan fingerprint density at radius 3 is 2.89 bits per heavy atom. The molecule has 0 bridgehead atoms. The summed E-state index contributed by atoms with van der Waals surface area (Å²) in [7, 11) is 0. The van der Waals surface area contributed by atoms with Gasteiger partial charge >= 0.3 is 0 Å². The zero-order valence-electron chi connectivity index (χ0n) is 11.2. The summed E-state index contributed by atoms with van der Waals surface area (Å²) in [6.45, 7) is 6.78. The standard InChI is InChI=1S/C14H19N3O/c1-4-7-15-14(18)13-11(5-2)16-12-9-10(3)6-8-17(12)13/h6,8-9H,4-5,7H2,1-3H3,(H,15,18). The van der Waals surface area contributed by atoms with Crippen LogP contribution in [-0.4, -0.2) is 21.8 Å². The van der Waals surface area contributed by atoms with Crippen LogP contribution in [0.4, 0.5) is 0 Å². The van der Waals surface area contributed by atoms with Crippen LogP contribution in [0.5, 0.6) is 0 Å². The minimum Gasteiger partial charge on any atom is -0.351 e. The van der Waals surface area contributed by atoms with Gasteiger partial charge in [-0.25, -0.2) is 4.98 Å². The molecule has 18 heavy (non-hydrogen) atoms. The summed E-state index contributed by atoms with van der Waals surface area (Å²) in [5.41, 5.74) is 3.51. The highest BCUT2D eigenvalue weighted by Gasteiger charge is 2.17. The van der Waals surface area contributed by atoms with Gasteiger partial charge in [0.25, 0.3) is 5.91 Å². The first-order valence-corrected chi connectivity index (χ1v) is 6.43. The van der Waals surface area contributed by atoms with Gasteiger partial charge in [0.05, 0.1) is 5.69 Å². The van der Waals surface area contributed by atoms with Crippen molar-refractivity contribution in [1.82, 2.24) is 14.7 Å². The molecule has 0 atom stereocenters. The third kappa shape index (κ3) is 2.23. The Labute approximate surface area is 107 Å². The lowest BCUT2D eigenvalue weighted by atomic mass is 10.2. The zero-order chi connectivity index (χ0) is 13.1. The summed E-state index contributed by atoms with van der Waals surface area (Å²) in [6, 6.07) is 3.99. The smallest absolute Gasteiger partial charge is 0.270 e. The molecule has 2 heterocycles. The Hall–Kier alpha value is -1.84. The first-order chi connectivity index (χ1) is 8.67. The van der Waals surface area contributed by atoms with Crippen LogP contribution in [-0.2, 0) is 6.42 Å². The number of carbonyl (C=O) groups excluding carboxylic acids is 1. The van der Waals surface area contributed by atoms with E-state index in [1.807, 2.05) is 43.5 Å². The van der Waals surface area contributed by atoms with Crippen molar-refractivity contribution in [2.24, 2.45) is 0 Å². The van der Waals surface area contributed by atoms with Crippen molar-refractivity contribution < 1.29 is 4.79 Å². The molecular formula is C14H19N3O. The van der Waals surface area contributed by atoms with E-state index in [-0.39, 0.29) is 5.91 Å². The Morgan fingerprint density at radius 1 is 1.44 bits per heavy atom. The third-order valence-corrected chi connectivity index (χ3v) is 2.94. The largest absolute Gasteiger partial charge is 0.351 e. The fourth-order valence-electron chi connectivity index (χ4n) is 2.00. The third-order valence-electron chi connectivity index (χ3n) is 2.94. The first kappa shape index (κ1) is 12.6. The number of aryl methyl sites for hydroxylation is 2. The van der Waals surface area contributed by atoms with E-state index < -0.39 is 0 Å². The number of amides is 1. The maximum absolute atomic E-state index is 12.2. The minimum absolute atomic E-state index is 0.0370. The van der Waals surface area contributed by atoms with Crippen LogP contribution >= 0.6 is 0 Å². The Balaban J connectivity index is 2.49. The molecule has 0 unspecified atom stereocenters. The molecular weight excluding hydrogens is 226 g/mol. The van der Waals surface area contributed by atoms with Crippen LogP contribution in [0.3, 0.4) is 0 Å². The van der Waals surface area contributed by atoms with Crippen molar-refractivity contribution in [3.63, 3.8) is 0 Å². The van der Waals surface area contributed by atoms with Gasteiger partial charge in [-0.15, -0.1) is 0 Å². The molecule has 0 saturated carbocycles. The Morgan fingerprint density at radius 2 is 2.22 bits per heavy atom. The number of rotatable bonds is 4. The molecule has 2 aromatic rings. The number of carbonyl (C=O) groups is 1. The second-order valence-electron chi connectivity index (χ2n) is 4.45. The van der Waals surface area contributed by atoms with Crippen LogP contribution in [0, 0.1) is 6.92 Å². The van der Waals surface area contributed by atoms with Gasteiger partial charge in [-0.3, -0.25) is 9.20 Å². The van der Waals surface area contributed by atoms with Gasteiger partial charge in [-0.05, 0) is 37.5 Å². The molecule has 2 aromatic heterocycles. The van der Waals surface area contributed by atoms with E-state index in [2.05, 4.69) is 10.3 Å². The maximum atomic E-state index is 12.2. The average Bonchev–Trinajstić information content (AvgIpc) is 2.73. The van der Waals surface area contributed by atoms with Crippen molar-refractivity contribution in [1.29, 1.82) is 0 Å². The van der Waals surface area contributed by atoms with E-state index in [4.69, 9.17) is 0 Å². The van der Waals surface area contributed by atoms with Crippen molar-refractivity contribution in [3.05, 3.63) is 35.3 Å². The second kappa shape index (κ2) is 5.21. The number of fused-ring (bicyclic) bond motifs is 1. The molecule has 1 amide bonds. The number of pyridine rings is 1. The van der Waals surface area contributed by atoms with E-state index in [0.29, 0.717) is 12.2 Å². The molecule has 0 aliphatic carbocycles. The highest BCUT2D eigenvalue weighted by atomic mass is 16.1. The summed E-state index contributed by atoms with van der Waals surface area (Å²) in [5.74, 6) is -0.0370. The van der Waals surface area contributed by atoms with Gasteiger partial charge in [0.15, 0.2) is 0 Å². The predicted octanol–water partition coefficient (Wildman–Crippen LogP) is 2.34. The van der Waals surface area contributed by atoms with Gasteiger partial charge in [0, 0.05) is 12.7 Å². The minimum atomic E-state index is -0.0370. The average molecular weight is 245 g/mol. The monoisotopic (exact) mass is 245 g/mol. The number of hydrogen-bond acceptors (Lipinski definition) is 2. The molecule has 4 nitrogen and oxygen atoms in total. The molecule has 1 N–H and O–H groups in total. The van der Waals surface area contributed by atoms with E-state index in [1.165, 1.54) is 0 Å². The molecule has 0 saturated heterocycles. The van der Waals surface area contributed by atoms with E-state index in [1.54, 1.807) is 0 Å². The Kier molecular flexibility index (Phi) is 3.65. The molecule has 0 aliphatic heterocycles. The van der Waals surface area contributed by atoms with Crippen molar-refractivity contribution >= 4 is 11.6 Å². The number of nitrogens with zero attached hydrogens (tertiary/aromatic N) is 2. The summed E-state index contributed by atoms with van der Waals surface area (Å²) in [4.78, 5) is 16.7.